The van der Waals surface area contributed by atoms with Crippen LogP contribution in [0.5, 0.6) is 0 Å². The van der Waals surface area contributed by atoms with E-state index in [1.807, 2.05) is 25.1 Å². The van der Waals surface area contributed by atoms with Crippen molar-refractivity contribution in [2.24, 2.45) is 0 Å². The molecule has 48 valence electrons. The van der Waals surface area contributed by atoms with Crippen LogP contribution in [0.25, 0.3) is 0 Å². The molecule has 1 aromatic heterocycles. The second kappa shape index (κ2) is 3.00. The van der Waals surface area contributed by atoms with Crippen LogP contribution < -0.4 is 3.53 Å². The average molecular weight is 234 g/mol. The smallest absolute Gasteiger partial charge is 0.134 e. The van der Waals surface area contributed by atoms with Crippen molar-refractivity contribution in [3.8, 4) is 0 Å². The van der Waals surface area contributed by atoms with E-state index in [4.69, 9.17) is 0 Å². The second-order valence-electron chi connectivity index (χ2n) is 1.76. The fourth-order valence-electron chi connectivity index (χ4n) is 0.596. The van der Waals surface area contributed by atoms with Gasteiger partial charge in [-0.05, 0) is 19.1 Å². The summed E-state index contributed by atoms with van der Waals surface area (Å²) in [4.78, 5) is 4.17. The number of hydrogen-bond acceptors (Lipinski definition) is 2. The highest BCUT2D eigenvalue weighted by Crippen LogP contribution is 2.04. The second-order valence-corrected chi connectivity index (χ2v) is 2.30. The lowest BCUT2D eigenvalue weighted by molar-refractivity contribution is 1.21. The molecule has 0 atom stereocenters. The predicted octanol–water partition coefficient (Wildman–Crippen LogP) is 2.15. The molecule has 0 unspecified atom stereocenters. The van der Waals surface area contributed by atoms with Gasteiger partial charge in [-0.3, -0.25) is 0 Å². The summed E-state index contributed by atoms with van der Waals surface area (Å²) in [6, 6.07) is 5.88. The van der Waals surface area contributed by atoms with Gasteiger partial charge in [-0.15, -0.1) is 0 Å². The molecule has 0 saturated carbocycles. The van der Waals surface area contributed by atoms with E-state index in [0.717, 1.165) is 11.5 Å². The van der Waals surface area contributed by atoms with E-state index in [2.05, 4.69) is 31.4 Å². The Kier molecular flexibility index (Phi) is 2.27. The molecule has 0 saturated heterocycles. The Balaban J connectivity index is 2.94. The average Bonchev–Trinajstić information content (AvgIpc) is 1.88. The minimum absolute atomic E-state index is 0.913. The van der Waals surface area contributed by atoms with Crippen LogP contribution in [0.1, 0.15) is 5.69 Å². The van der Waals surface area contributed by atoms with Gasteiger partial charge in [0.15, 0.2) is 0 Å². The normalized spacial score (nSPS) is 9.11. The Morgan fingerprint density at radius 2 is 2.33 bits per heavy atom. The first-order chi connectivity index (χ1) is 4.33. The number of nitrogens with zero attached hydrogens (tertiary/aromatic N) is 1. The van der Waals surface area contributed by atoms with Gasteiger partial charge in [-0.1, -0.05) is 6.07 Å². The van der Waals surface area contributed by atoms with Gasteiger partial charge in [-0.2, -0.15) is 0 Å². The molecule has 3 heteroatoms. The molecular weight excluding hydrogens is 227 g/mol. The number of halogens is 1. The van der Waals surface area contributed by atoms with Gasteiger partial charge < -0.3 is 3.53 Å². The van der Waals surface area contributed by atoms with Crippen LogP contribution in [-0.4, -0.2) is 4.98 Å². The lowest BCUT2D eigenvalue weighted by Crippen LogP contribution is -1.85. The molecule has 9 heavy (non-hydrogen) atoms. The first-order valence-corrected chi connectivity index (χ1v) is 3.71. The molecule has 1 heterocycles. The molecule has 0 amide bonds. The molecule has 0 aliphatic carbocycles. The van der Waals surface area contributed by atoms with E-state index < -0.39 is 0 Å². The number of aryl methyl sites for hydroxylation is 1. The number of nitrogens with one attached hydrogen (secondary N) is 1. The van der Waals surface area contributed by atoms with E-state index in [1.165, 1.54) is 0 Å². The van der Waals surface area contributed by atoms with Gasteiger partial charge in [0.2, 0.25) is 0 Å². The Morgan fingerprint density at radius 3 is 2.78 bits per heavy atom. The summed E-state index contributed by atoms with van der Waals surface area (Å²) in [5.74, 6) is 0.913. The zero-order valence-electron chi connectivity index (χ0n) is 5.06. The Bertz CT molecular complexity index is 200. The van der Waals surface area contributed by atoms with Crippen LogP contribution in [0.4, 0.5) is 5.82 Å². The van der Waals surface area contributed by atoms with Crippen LogP contribution in [-0.2, 0) is 0 Å². The molecule has 1 rings (SSSR count). The van der Waals surface area contributed by atoms with Crippen LogP contribution in [0.3, 0.4) is 0 Å². The third kappa shape index (κ3) is 1.82. The molecule has 0 fully saturated rings. The number of aromatic nitrogens is 1. The lowest BCUT2D eigenvalue weighted by Gasteiger charge is -1.95. The summed E-state index contributed by atoms with van der Waals surface area (Å²) in [7, 11) is 0. The standard InChI is InChI=1S/C6H7IN2/c1-5-3-2-4-6(8-5)9-7/h2-4H,1H3,(H,8,9). The van der Waals surface area contributed by atoms with Crippen molar-refractivity contribution in [3.63, 3.8) is 0 Å². The fourth-order valence-corrected chi connectivity index (χ4v) is 0.896. The van der Waals surface area contributed by atoms with E-state index >= 15 is 0 Å². The molecule has 0 bridgehead atoms. The maximum atomic E-state index is 4.17. The lowest BCUT2D eigenvalue weighted by atomic mass is 10.4. The van der Waals surface area contributed by atoms with Gasteiger partial charge in [-0.25, -0.2) is 4.98 Å². The minimum Gasteiger partial charge on any atom is -0.313 e. The number of hydrogen-bond donors (Lipinski definition) is 1. The Morgan fingerprint density at radius 1 is 1.56 bits per heavy atom. The quantitative estimate of drug-likeness (QED) is 0.594. The summed E-state index contributed by atoms with van der Waals surface area (Å²) in [5, 5.41) is 0. The summed E-state index contributed by atoms with van der Waals surface area (Å²) < 4.78 is 2.93. The number of pyridine rings is 1. The third-order valence-electron chi connectivity index (χ3n) is 0.985. The Hall–Kier alpha value is -0.320. The van der Waals surface area contributed by atoms with Crippen LogP contribution in [0.15, 0.2) is 18.2 Å². The van der Waals surface area contributed by atoms with Gasteiger partial charge in [0, 0.05) is 5.69 Å². The summed E-state index contributed by atoms with van der Waals surface area (Å²) >= 11 is 2.06. The fraction of sp³-hybridized carbons (Fsp3) is 0.167. The van der Waals surface area contributed by atoms with Gasteiger partial charge in [0.1, 0.15) is 5.82 Å². The van der Waals surface area contributed by atoms with Crippen LogP contribution in [0, 0.1) is 6.92 Å². The topological polar surface area (TPSA) is 24.9 Å². The molecule has 1 N–H and O–H groups in total. The summed E-state index contributed by atoms with van der Waals surface area (Å²) in [6.07, 6.45) is 0. The van der Waals surface area contributed by atoms with Crippen molar-refractivity contribution in [1.29, 1.82) is 0 Å². The van der Waals surface area contributed by atoms with Crippen molar-refractivity contribution in [2.45, 2.75) is 6.92 Å². The summed E-state index contributed by atoms with van der Waals surface area (Å²) in [6.45, 7) is 1.97. The van der Waals surface area contributed by atoms with Crippen molar-refractivity contribution in [2.75, 3.05) is 3.53 Å². The number of rotatable bonds is 1. The zero-order chi connectivity index (χ0) is 6.69. The molecule has 2 nitrogen and oxygen atoms in total. The van der Waals surface area contributed by atoms with Gasteiger partial charge >= 0.3 is 0 Å². The van der Waals surface area contributed by atoms with Crippen molar-refractivity contribution >= 4 is 28.7 Å². The molecule has 1 aromatic rings. The van der Waals surface area contributed by atoms with E-state index in [-0.39, 0.29) is 0 Å². The Labute approximate surface area is 68.2 Å². The van der Waals surface area contributed by atoms with E-state index in [1.54, 1.807) is 0 Å². The molecule has 0 aliphatic rings. The van der Waals surface area contributed by atoms with Gasteiger partial charge in [0.05, 0.1) is 22.9 Å². The molecular formula is C6H7IN2. The highest BCUT2D eigenvalue weighted by atomic mass is 127. The predicted molar refractivity (Wildman–Crippen MR) is 46.6 cm³/mol. The largest absolute Gasteiger partial charge is 0.313 e. The molecule has 0 spiro atoms. The maximum absolute atomic E-state index is 4.17. The molecule has 0 aromatic carbocycles. The highest BCUT2D eigenvalue weighted by Gasteiger charge is 1.87. The minimum atomic E-state index is 0.913. The zero-order valence-corrected chi connectivity index (χ0v) is 7.21. The SMILES string of the molecule is Cc1cccc(NI)n1. The van der Waals surface area contributed by atoms with Crippen molar-refractivity contribution < 1.29 is 0 Å². The molecule has 0 aliphatic heterocycles. The first-order valence-electron chi connectivity index (χ1n) is 2.63. The first kappa shape index (κ1) is 6.80. The van der Waals surface area contributed by atoms with Crippen LogP contribution >= 0.6 is 22.9 Å². The highest BCUT2D eigenvalue weighted by molar-refractivity contribution is 14.1. The van der Waals surface area contributed by atoms with E-state index in [9.17, 15) is 0 Å². The monoisotopic (exact) mass is 234 g/mol. The third-order valence-corrected chi connectivity index (χ3v) is 1.54. The maximum Gasteiger partial charge on any atom is 0.134 e. The number of anilines is 1. The summed E-state index contributed by atoms with van der Waals surface area (Å²) in [5.41, 5.74) is 1.04. The molecule has 0 radical (unpaired) electrons. The van der Waals surface area contributed by atoms with Gasteiger partial charge in [0.25, 0.3) is 0 Å². The van der Waals surface area contributed by atoms with E-state index in [0.29, 0.717) is 0 Å². The van der Waals surface area contributed by atoms with Crippen molar-refractivity contribution in [3.05, 3.63) is 23.9 Å². The van der Waals surface area contributed by atoms with Crippen LogP contribution in [0.2, 0.25) is 0 Å². The van der Waals surface area contributed by atoms with Crippen molar-refractivity contribution in [1.82, 2.24) is 4.98 Å².